The summed E-state index contributed by atoms with van der Waals surface area (Å²) in [7, 11) is 1.62. The number of nitriles is 1. The van der Waals surface area contributed by atoms with E-state index in [1.54, 1.807) is 48.6 Å². The van der Waals surface area contributed by atoms with Gasteiger partial charge in [-0.25, -0.2) is 9.48 Å². The van der Waals surface area contributed by atoms with Crippen LogP contribution in [-0.2, 0) is 16.6 Å². The van der Waals surface area contributed by atoms with Crippen molar-refractivity contribution in [3.8, 4) is 6.07 Å². The number of rotatable bonds is 2. The van der Waals surface area contributed by atoms with Gasteiger partial charge in [-0.2, -0.15) is 10.4 Å². The van der Waals surface area contributed by atoms with Crippen LogP contribution in [0.5, 0.6) is 0 Å². The van der Waals surface area contributed by atoms with Crippen LogP contribution < -0.4 is 5.06 Å². The van der Waals surface area contributed by atoms with E-state index in [0.29, 0.717) is 0 Å². The summed E-state index contributed by atoms with van der Waals surface area (Å²) in [5.74, 6) is 0.238. The third kappa shape index (κ3) is 4.76. The standard InChI is InChI=1S/C14H22N4O3/c1-13(2,3)20-12(19)18(21-14(4,5)6)11-10(8-15)9-16-17(11)7/h9H,1-7H3. The quantitative estimate of drug-likeness (QED) is 0.783. The molecule has 0 aromatic carbocycles. The van der Waals surface area contributed by atoms with Crippen LogP contribution in [0.1, 0.15) is 47.1 Å². The molecule has 1 amide bonds. The van der Waals surface area contributed by atoms with Gasteiger partial charge in [0.1, 0.15) is 17.2 Å². The van der Waals surface area contributed by atoms with Crippen molar-refractivity contribution in [2.45, 2.75) is 52.7 Å². The number of hydroxylamine groups is 1. The average molecular weight is 294 g/mol. The SMILES string of the molecule is Cn1ncc(C#N)c1N(OC(C)(C)C)C(=O)OC(C)(C)C. The van der Waals surface area contributed by atoms with Crippen LogP contribution in [0.25, 0.3) is 0 Å². The van der Waals surface area contributed by atoms with E-state index in [0.717, 1.165) is 5.06 Å². The lowest BCUT2D eigenvalue weighted by Gasteiger charge is -2.31. The van der Waals surface area contributed by atoms with Gasteiger partial charge in [-0.3, -0.25) is 4.84 Å². The topological polar surface area (TPSA) is 80.4 Å². The van der Waals surface area contributed by atoms with Crippen molar-refractivity contribution in [3.05, 3.63) is 11.8 Å². The fraction of sp³-hybridized carbons (Fsp3) is 0.643. The Hall–Kier alpha value is -2.07. The molecule has 1 aromatic rings. The van der Waals surface area contributed by atoms with Crippen molar-refractivity contribution in [1.82, 2.24) is 9.78 Å². The fourth-order valence-electron chi connectivity index (χ4n) is 1.50. The Morgan fingerprint density at radius 1 is 1.29 bits per heavy atom. The van der Waals surface area contributed by atoms with E-state index in [-0.39, 0.29) is 11.4 Å². The number of nitrogens with zero attached hydrogens (tertiary/aromatic N) is 4. The number of ether oxygens (including phenoxy) is 1. The number of aryl methyl sites for hydroxylation is 1. The largest absolute Gasteiger partial charge is 0.442 e. The summed E-state index contributed by atoms with van der Waals surface area (Å²) in [6, 6.07) is 1.99. The van der Waals surface area contributed by atoms with E-state index in [4.69, 9.17) is 14.8 Å². The molecule has 1 rings (SSSR count). The van der Waals surface area contributed by atoms with Crippen molar-refractivity contribution in [2.75, 3.05) is 5.06 Å². The third-order valence-electron chi connectivity index (χ3n) is 2.14. The van der Waals surface area contributed by atoms with Crippen molar-refractivity contribution >= 4 is 11.9 Å². The predicted octanol–water partition coefficient (Wildman–Crippen LogP) is 2.76. The van der Waals surface area contributed by atoms with Gasteiger partial charge < -0.3 is 4.74 Å². The van der Waals surface area contributed by atoms with Crippen LogP contribution in [0.4, 0.5) is 10.6 Å². The molecule has 1 aromatic heterocycles. The molecule has 1 heterocycles. The molecule has 0 spiro atoms. The van der Waals surface area contributed by atoms with Crippen molar-refractivity contribution in [2.24, 2.45) is 7.05 Å². The zero-order valence-corrected chi connectivity index (χ0v) is 13.6. The summed E-state index contributed by atoms with van der Waals surface area (Å²) in [6.45, 7) is 10.7. The fourth-order valence-corrected chi connectivity index (χ4v) is 1.50. The number of anilines is 1. The number of hydrogen-bond acceptors (Lipinski definition) is 5. The van der Waals surface area contributed by atoms with Gasteiger partial charge in [0.05, 0.1) is 11.8 Å². The van der Waals surface area contributed by atoms with Gasteiger partial charge in [-0.05, 0) is 41.5 Å². The Balaban J connectivity index is 3.23. The van der Waals surface area contributed by atoms with E-state index >= 15 is 0 Å². The Kier molecular flexibility index (Phi) is 4.64. The molecular formula is C14H22N4O3. The van der Waals surface area contributed by atoms with Crippen LogP contribution >= 0.6 is 0 Å². The normalized spacial score (nSPS) is 11.9. The first kappa shape index (κ1) is 17.0. The minimum Gasteiger partial charge on any atom is -0.442 e. The Morgan fingerprint density at radius 3 is 2.29 bits per heavy atom. The molecule has 0 radical (unpaired) electrons. The maximum atomic E-state index is 12.4. The first-order chi connectivity index (χ1) is 9.44. The number of hydrogen-bond donors (Lipinski definition) is 0. The van der Waals surface area contributed by atoms with Crippen molar-refractivity contribution in [1.29, 1.82) is 5.26 Å². The van der Waals surface area contributed by atoms with Crippen LogP contribution in [0.3, 0.4) is 0 Å². The van der Waals surface area contributed by atoms with Gasteiger partial charge in [0, 0.05) is 7.05 Å². The Bertz CT molecular complexity index is 558. The molecule has 0 saturated heterocycles. The summed E-state index contributed by atoms with van der Waals surface area (Å²) in [4.78, 5) is 18.0. The Labute approximate surface area is 125 Å². The molecule has 7 heteroatoms. The number of amides is 1. The van der Waals surface area contributed by atoms with Gasteiger partial charge in [0.25, 0.3) is 0 Å². The lowest BCUT2D eigenvalue weighted by atomic mass is 10.2. The highest BCUT2D eigenvalue weighted by molar-refractivity contribution is 5.86. The summed E-state index contributed by atoms with van der Waals surface area (Å²) >= 11 is 0. The molecule has 0 unspecified atom stereocenters. The molecule has 0 aliphatic rings. The third-order valence-corrected chi connectivity index (χ3v) is 2.14. The predicted molar refractivity (Wildman–Crippen MR) is 77.5 cm³/mol. The van der Waals surface area contributed by atoms with Gasteiger partial charge in [0.2, 0.25) is 0 Å². The summed E-state index contributed by atoms with van der Waals surface area (Å²) in [5, 5.41) is 14.1. The maximum Gasteiger partial charge on any atom is 0.440 e. The number of carbonyl (C=O) groups excluding carboxylic acids is 1. The maximum absolute atomic E-state index is 12.4. The zero-order chi connectivity index (χ0) is 16.4. The second-order valence-electron chi connectivity index (χ2n) is 6.60. The zero-order valence-electron chi connectivity index (χ0n) is 13.6. The molecule has 116 valence electrons. The molecule has 0 fully saturated rings. The van der Waals surface area contributed by atoms with E-state index in [2.05, 4.69) is 5.10 Å². The highest BCUT2D eigenvalue weighted by atomic mass is 16.7. The molecule has 7 nitrogen and oxygen atoms in total. The first-order valence-corrected chi connectivity index (χ1v) is 6.59. The van der Waals surface area contributed by atoms with Crippen LogP contribution in [0, 0.1) is 11.3 Å². The van der Waals surface area contributed by atoms with E-state index in [1.165, 1.54) is 10.9 Å². The van der Waals surface area contributed by atoms with Crippen molar-refractivity contribution in [3.63, 3.8) is 0 Å². The number of aromatic nitrogens is 2. The first-order valence-electron chi connectivity index (χ1n) is 6.59. The molecule has 0 aliphatic carbocycles. The van der Waals surface area contributed by atoms with Gasteiger partial charge in [0.15, 0.2) is 5.82 Å². The van der Waals surface area contributed by atoms with Gasteiger partial charge in [-0.15, -0.1) is 5.06 Å². The second kappa shape index (κ2) is 5.74. The summed E-state index contributed by atoms with van der Waals surface area (Å²) in [5.41, 5.74) is -1.09. The minimum atomic E-state index is -0.697. The molecular weight excluding hydrogens is 272 g/mol. The van der Waals surface area contributed by atoms with Crippen LogP contribution in [-0.4, -0.2) is 27.1 Å². The lowest BCUT2D eigenvalue weighted by Crippen LogP contribution is -2.43. The summed E-state index contributed by atoms with van der Waals surface area (Å²) in [6.07, 6.45) is 0.677. The highest BCUT2D eigenvalue weighted by Gasteiger charge is 2.32. The molecule has 0 N–H and O–H groups in total. The average Bonchev–Trinajstić information content (AvgIpc) is 2.63. The monoisotopic (exact) mass is 294 g/mol. The smallest absolute Gasteiger partial charge is 0.440 e. The van der Waals surface area contributed by atoms with Crippen LogP contribution in [0.15, 0.2) is 6.20 Å². The van der Waals surface area contributed by atoms with E-state index in [1.807, 2.05) is 6.07 Å². The highest BCUT2D eigenvalue weighted by Crippen LogP contribution is 2.25. The molecule has 0 saturated carbocycles. The number of carbonyl (C=O) groups is 1. The second-order valence-corrected chi connectivity index (χ2v) is 6.60. The molecule has 0 atom stereocenters. The molecule has 21 heavy (non-hydrogen) atoms. The van der Waals surface area contributed by atoms with Gasteiger partial charge in [-0.1, -0.05) is 0 Å². The summed E-state index contributed by atoms with van der Waals surface area (Å²) < 4.78 is 6.73. The van der Waals surface area contributed by atoms with E-state index < -0.39 is 17.3 Å². The molecule has 0 aliphatic heterocycles. The Morgan fingerprint density at radius 2 is 1.86 bits per heavy atom. The van der Waals surface area contributed by atoms with Crippen LogP contribution in [0.2, 0.25) is 0 Å². The molecule has 0 bridgehead atoms. The lowest BCUT2D eigenvalue weighted by molar-refractivity contribution is -0.0371. The van der Waals surface area contributed by atoms with Gasteiger partial charge >= 0.3 is 6.09 Å². The van der Waals surface area contributed by atoms with E-state index in [9.17, 15) is 4.79 Å². The van der Waals surface area contributed by atoms with Crippen molar-refractivity contribution < 1.29 is 14.4 Å². The minimum absolute atomic E-state index is 0.229.